The van der Waals surface area contributed by atoms with E-state index in [4.69, 9.17) is 0 Å². The van der Waals surface area contributed by atoms with Gasteiger partial charge in [-0.2, -0.15) is 0 Å². The first-order chi connectivity index (χ1) is 25.6. The van der Waals surface area contributed by atoms with Crippen LogP contribution in [-0.2, 0) is 4.79 Å². The lowest BCUT2D eigenvalue weighted by molar-refractivity contribution is -0.131. The number of hydrogen-bond donors (Lipinski definition) is 4. The highest BCUT2D eigenvalue weighted by molar-refractivity contribution is 5.80. The van der Waals surface area contributed by atoms with Gasteiger partial charge < -0.3 is 20.6 Å². The smallest absolute Gasteiger partial charge is 0.249 e. The second-order valence-electron chi connectivity index (χ2n) is 15.6. The highest BCUT2D eigenvalue weighted by Gasteiger charge is 2.22. The Morgan fingerprint density at radius 2 is 0.788 bits per heavy atom. The Balaban J connectivity index is 3.69. The van der Waals surface area contributed by atoms with E-state index in [1.807, 2.05) is 6.08 Å². The van der Waals surface area contributed by atoms with Crippen LogP contribution in [0.3, 0.4) is 0 Å². The van der Waals surface area contributed by atoms with Gasteiger partial charge in [0, 0.05) is 0 Å². The molecule has 5 nitrogen and oxygen atoms in total. The molecule has 0 fully saturated rings. The third-order valence-electron chi connectivity index (χ3n) is 10.5. The minimum Gasteiger partial charge on any atom is -0.394 e. The van der Waals surface area contributed by atoms with Gasteiger partial charge in [-0.05, 0) is 57.8 Å². The predicted molar refractivity (Wildman–Crippen MR) is 227 cm³/mol. The lowest BCUT2D eigenvalue weighted by Gasteiger charge is -2.21. The first-order valence-electron chi connectivity index (χ1n) is 22.8. The lowest BCUT2D eigenvalue weighted by atomic mass is 10.0. The number of carbonyl (C=O) groups excluding carboxylic acids is 1. The molecule has 0 aromatic carbocycles. The van der Waals surface area contributed by atoms with Crippen molar-refractivity contribution in [3.05, 3.63) is 36.5 Å². The fraction of sp³-hybridized carbons (Fsp3) is 0.851. The van der Waals surface area contributed by atoms with E-state index in [9.17, 15) is 20.1 Å². The molecular weight excluding hydrogens is 643 g/mol. The van der Waals surface area contributed by atoms with Gasteiger partial charge in [-0.1, -0.05) is 211 Å². The summed E-state index contributed by atoms with van der Waals surface area (Å²) < 4.78 is 0. The molecule has 0 spiro atoms. The minimum absolute atomic E-state index is 0.378. The topological polar surface area (TPSA) is 89.8 Å². The van der Waals surface area contributed by atoms with Crippen molar-refractivity contribution < 1.29 is 20.1 Å². The number of nitrogens with one attached hydrogen (secondary N) is 1. The molecule has 3 atom stereocenters. The van der Waals surface area contributed by atoms with Gasteiger partial charge in [0.2, 0.25) is 5.91 Å². The number of carbonyl (C=O) groups is 1. The van der Waals surface area contributed by atoms with E-state index in [2.05, 4.69) is 43.5 Å². The quantitative estimate of drug-likeness (QED) is 0.0372. The highest BCUT2D eigenvalue weighted by Crippen LogP contribution is 2.15. The maximum Gasteiger partial charge on any atom is 0.249 e. The molecular formula is C47H89NO4. The normalized spacial score (nSPS) is 13.9. The standard InChI is InChI=1S/C47H89NO4/c1-3-5-7-9-11-13-15-17-19-21-22-23-24-25-26-28-30-32-34-36-38-40-42-46(51)47(52)48-44(43-49)45(50)41-39-37-35-33-31-29-27-20-18-16-14-12-10-8-6-4-2/h25-26,31,33,39,41,44-46,49-51H,3-24,27-30,32,34-38,40,42-43H2,1-2H3,(H,48,52)/b26-25-,33-31+,41-39+. The number of allylic oxidation sites excluding steroid dienone is 5. The molecule has 0 saturated heterocycles. The number of aliphatic hydroxyl groups is 3. The summed E-state index contributed by atoms with van der Waals surface area (Å²) >= 11 is 0. The first kappa shape index (κ1) is 50.6. The average molecular weight is 732 g/mol. The first-order valence-corrected chi connectivity index (χ1v) is 22.8. The molecule has 306 valence electrons. The number of hydrogen-bond acceptors (Lipinski definition) is 4. The molecule has 0 aliphatic heterocycles. The monoisotopic (exact) mass is 732 g/mol. The second-order valence-corrected chi connectivity index (χ2v) is 15.6. The molecule has 0 aromatic heterocycles. The molecule has 0 aromatic rings. The number of unbranched alkanes of at least 4 members (excludes halogenated alkanes) is 29. The van der Waals surface area contributed by atoms with Crippen LogP contribution in [0, 0.1) is 0 Å². The molecule has 0 aliphatic carbocycles. The number of aliphatic hydroxyl groups excluding tert-OH is 3. The summed E-state index contributed by atoms with van der Waals surface area (Å²) in [5.74, 6) is -0.517. The van der Waals surface area contributed by atoms with Gasteiger partial charge in [0.25, 0.3) is 0 Å². The van der Waals surface area contributed by atoms with E-state index in [1.54, 1.807) is 6.08 Å². The molecule has 0 rings (SSSR count). The predicted octanol–water partition coefficient (Wildman–Crippen LogP) is 13.2. The molecule has 4 N–H and O–H groups in total. The molecule has 3 unspecified atom stereocenters. The summed E-state index contributed by atoms with van der Waals surface area (Å²) in [6.07, 6.45) is 53.2. The Kier molecular flexibility index (Phi) is 41.1. The number of rotatable bonds is 41. The van der Waals surface area contributed by atoms with Crippen molar-refractivity contribution in [2.45, 2.75) is 250 Å². The van der Waals surface area contributed by atoms with Crippen molar-refractivity contribution in [3.8, 4) is 0 Å². The SMILES string of the molecule is CCCCCCCCCCCC/C=C/CC/C=C/C(O)C(CO)NC(=O)C(O)CCCCCCCC/C=C\CCCCCCCCCCCCCC. The van der Waals surface area contributed by atoms with Gasteiger partial charge in [-0.3, -0.25) is 4.79 Å². The molecule has 0 saturated carbocycles. The largest absolute Gasteiger partial charge is 0.394 e. The highest BCUT2D eigenvalue weighted by atomic mass is 16.3. The Labute approximate surface area is 324 Å². The molecule has 0 bridgehead atoms. The van der Waals surface area contributed by atoms with Crippen molar-refractivity contribution in [1.82, 2.24) is 5.32 Å². The summed E-state index contributed by atoms with van der Waals surface area (Å²) in [6.45, 7) is 4.17. The second kappa shape index (κ2) is 42.3. The summed E-state index contributed by atoms with van der Waals surface area (Å²) in [5.41, 5.74) is 0. The summed E-state index contributed by atoms with van der Waals surface area (Å²) in [7, 11) is 0. The van der Waals surface area contributed by atoms with E-state index in [1.165, 1.54) is 173 Å². The maximum absolute atomic E-state index is 12.5. The van der Waals surface area contributed by atoms with Crippen LogP contribution in [0.25, 0.3) is 0 Å². The van der Waals surface area contributed by atoms with Crippen LogP contribution < -0.4 is 5.32 Å². The molecule has 5 heteroatoms. The van der Waals surface area contributed by atoms with Gasteiger partial charge in [-0.15, -0.1) is 0 Å². The Morgan fingerprint density at radius 3 is 1.17 bits per heavy atom. The van der Waals surface area contributed by atoms with Gasteiger partial charge in [-0.25, -0.2) is 0 Å². The van der Waals surface area contributed by atoms with E-state index < -0.39 is 24.2 Å². The van der Waals surface area contributed by atoms with Crippen LogP contribution in [0.15, 0.2) is 36.5 Å². The maximum atomic E-state index is 12.5. The zero-order valence-corrected chi connectivity index (χ0v) is 34.7. The fourth-order valence-electron chi connectivity index (χ4n) is 6.84. The summed E-state index contributed by atoms with van der Waals surface area (Å²) in [6, 6.07) is -0.816. The zero-order valence-electron chi connectivity index (χ0n) is 34.7. The average Bonchev–Trinajstić information content (AvgIpc) is 3.15. The Hall–Kier alpha value is -1.43. The zero-order chi connectivity index (χ0) is 38.0. The van der Waals surface area contributed by atoms with Crippen molar-refractivity contribution >= 4 is 5.91 Å². The molecule has 0 radical (unpaired) electrons. The molecule has 52 heavy (non-hydrogen) atoms. The third kappa shape index (κ3) is 36.9. The molecule has 0 heterocycles. The van der Waals surface area contributed by atoms with Gasteiger partial charge in [0.05, 0.1) is 18.8 Å². The van der Waals surface area contributed by atoms with E-state index in [-0.39, 0.29) is 6.61 Å². The van der Waals surface area contributed by atoms with Crippen molar-refractivity contribution in [1.29, 1.82) is 0 Å². The van der Waals surface area contributed by atoms with Crippen LogP contribution >= 0.6 is 0 Å². The Morgan fingerprint density at radius 1 is 0.462 bits per heavy atom. The van der Waals surface area contributed by atoms with Crippen LogP contribution in [0.5, 0.6) is 0 Å². The van der Waals surface area contributed by atoms with Crippen LogP contribution in [0.1, 0.15) is 232 Å². The van der Waals surface area contributed by atoms with Crippen molar-refractivity contribution in [2.24, 2.45) is 0 Å². The van der Waals surface area contributed by atoms with Gasteiger partial charge >= 0.3 is 0 Å². The lowest BCUT2D eigenvalue weighted by Crippen LogP contribution is -2.48. The van der Waals surface area contributed by atoms with E-state index in [0.29, 0.717) is 6.42 Å². The summed E-state index contributed by atoms with van der Waals surface area (Å²) in [4.78, 5) is 12.5. The minimum atomic E-state index is -1.11. The molecule has 0 aliphatic rings. The van der Waals surface area contributed by atoms with Crippen LogP contribution in [0.4, 0.5) is 0 Å². The van der Waals surface area contributed by atoms with Gasteiger partial charge in [0.15, 0.2) is 0 Å². The third-order valence-corrected chi connectivity index (χ3v) is 10.5. The van der Waals surface area contributed by atoms with Crippen molar-refractivity contribution in [2.75, 3.05) is 6.61 Å². The fourth-order valence-corrected chi connectivity index (χ4v) is 6.84. The van der Waals surface area contributed by atoms with Crippen LogP contribution in [-0.4, -0.2) is 46.1 Å². The summed E-state index contributed by atoms with van der Waals surface area (Å²) in [5, 5.41) is 33.1. The van der Waals surface area contributed by atoms with E-state index in [0.717, 1.165) is 38.5 Å². The van der Waals surface area contributed by atoms with Gasteiger partial charge in [0.1, 0.15) is 6.10 Å². The molecule has 1 amide bonds. The van der Waals surface area contributed by atoms with E-state index >= 15 is 0 Å². The van der Waals surface area contributed by atoms with Crippen LogP contribution in [0.2, 0.25) is 0 Å². The van der Waals surface area contributed by atoms with Crippen molar-refractivity contribution in [3.63, 3.8) is 0 Å². The Bertz CT molecular complexity index is 809. The number of amides is 1.